The largest absolute Gasteiger partial charge is 5.00 e. The summed E-state index contributed by atoms with van der Waals surface area (Å²) >= 11 is 0. The van der Waals surface area contributed by atoms with Crippen LogP contribution in [0, 0.1) is 0 Å². The van der Waals surface area contributed by atoms with E-state index < -0.39 is 0 Å². The van der Waals surface area contributed by atoms with E-state index in [2.05, 4.69) is 0 Å². The average Bonchev–Trinajstić information content (AvgIpc) is 0. The van der Waals surface area contributed by atoms with E-state index in [9.17, 15) is 0 Å². The number of nitrogens with zero attached hydrogens (tertiary/aromatic N) is 5. The third kappa shape index (κ3) is 202. The number of hydrogen-bond acceptors (Lipinski definition) is 0. The van der Waals surface area contributed by atoms with Crippen LogP contribution in [-0.2, 0) is 67.1 Å². The minimum absolute atomic E-state index is 0. The first-order valence-corrected chi connectivity index (χ1v) is 0. The molecule has 0 aliphatic carbocycles. The molecule has 0 aromatic carbocycles. The van der Waals surface area contributed by atoms with Gasteiger partial charge in [0.2, 0.25) is 0 Å². The summed E-state index contributed by atoms with van der Waals surface area (Å²) in [6.07, 6.45) is 0. The van der Waals surface area contributed by atoms with Gasteiger partial charge in [0.15, 0.2) is 0 Å². The standard InChI is InChI=1S/5N.3H4Si.3Ta/h;;;;;3*1H4;;;/q5*-3;;;;3*+5. The summed E-state index contributed by atoms with van der Waals surface area (Å²) in [4.78, 5) is 0. The van der Waals surface area contributed by atoms with Crippen LogP contribution in [0.2, 0.25) is 0 Å². The molecule has 11 heteroatoms. The van der Waals surface area contributed by atoms with E-state index in [1.165, 1.54) is 0 Å². The maximum absolute atomic E-state index is 0. The van der Waals surface area contributed by atoms with Gasteiger partial charge < -0.3 is 30.8 Å². The predicted octanol–water partition coefficient (Wildman–Crippen LogP) is -2.92. The molecule has 0 heterocycles. The van der Waals surface area contributed by atoms with Crippen LogP contribution >= 0.6 is 0 Å². The van der Waals surface area contributed by atoms with Crippen molar-refractivity contribution >= 4 is 32.9 Å². The van der Waals surface area contributed by atoms with Gasteiger partial charge in [-0.15, -0.1) is 0 Å². The fourth-order valence-electron chi connectivity index (χ4n) is 0. The topological polar surface area (TPSA) is 152 Å². The van der Waals surface area contributed by atoms with Gasteiger partial charge in [0.05, 0.1) is 0 Å². The molecule has 0 amide bonds. The molecule has 0 atom stereocenters. The summed E-state index contributed by atoms with van der Waals surface area (Å²) < 4.78 is 0. The zero-order valence-electron chi connectivity index (χ0n) is 3.58. The molecule has 0 saturated carbocycles. The molecule has 0 aromatic heterocycles. The van der Waals surface area contributed by atoms with Crippen molar-refractivity contribution in [2.24, 2.45) is 0 Å². The van der Waals surface area contributed by atoms with Gasteiger partial charge in [0.1, 0.15) is 0 Å². The molecule has 0 saturated heterocycles. The third-order valence-corrected chi connectivity index (χ3v) is 0. The quantitative estimate of drug-likeness (QED) is 0.237. The van der Waals surface area contributed by atoms with Crippen molar-refractivity contribution in [2.75, 3.05) is 0 Å². The Morgan fingerprint density at radius 2 is 0.273 bits per heavy atom. The molecule has 0 spiro atoms. The van der Waals surface area contributed by atoms with Gasteiger partial charge in [0, 0.05) is 0 Å². The van der Waals surface area contributed by atoms with E-state index in [4.69, 9.17) is 0 Å². The maximum atomic E-state index is 0. The molecule has 0 radical (unpaired) electrons. The van der Waals surface area contributed by atoms with Crippen LogP contribution in [-0.4, -0.2) is 32.9 Å². The zero-order valence-corrected chi connectivity index (χ0v) is 13.2. The van der Waals surface area contributed by atoms with Crippen molar-refractivity contribution in [2.45, 2.75) is 0 Å². The van der Waals surface area contributed by atoms with Crippen LogP contribution < -0.4 is 0 Å². The van der Waals surface area contributed by atoms with Gasteiger partial charge in [-0.05, 0) is 32.9 Å². The molecule has 0 aliphatic rings. The molecule has 0 bridgehead atoms. The number of rotatable bonds is 0. The summed E-state index contributed by atoms with van der Waals surface area (Å²) in [5.41, 5.74) is 0. The van der Waals surface area contributed by atoms with Gasteiger partial charge in [-0.2, -0.15) is 0 Å². The van der Waals surface area contributed by atoms with Crippen LogP contribution in [0.4, 0.5) is 0 Å². The Labute approximate surface area is 129 Å². The molecular formula is H12N5Si3Ta3. The van der Waals surface area contributed by atoms with Crippen LogP contribution in [0.1, 0.15) is 0 Å². The van der Waals surface area contributed by atoms with Gasteiger partial charge in [-0.25, -0.2) is 0 Å². The van der Waals surface area contributed by atoms with Crippen molar-refractivity contribution in [3.8, 4) is 0 Å². The SMILES string of the molecule is [N-3].[N-3].[N-3].[N-3].[N-3].[SiH4].[SiH4].[SiH4].[Ta+5].[Ta+5].[Ta+5]. The van der Waals surface area contributed by atoms with Gasteiger partial charge in [-0.3, -0.25) is 0 Å². The third-order valence-electron chi connectivity index (χ3n) is 0. The van der Waals surface area contributed by atoms with Gasteiger partial charge in [-0.1, -0.05) is 0 Å². The summed E-state index contributed by atoms with van der Waals surface area (Å²) in [6.45, 7) is 0. The van der Waals surface area contributed by atoms with Gasteiger partial charge in [0.25, 0.3) is 0 Å². The smallest absolute Gasteiger partial charge is 3.00 e. The fraction of sp³-hybridized carbons (Fsp3) is 0. The van der Waals surface area contributed by atoms with E-state index in [-0.39, 0.29) is 131 Å². The van der Waals surface area contributed by atoms with Crippen molar-refractivity contribution in [1.82, 2.24) is 0 Å². The second-order valence-electron chi connectivity index (χ2n) is 0. The molecule has 0 unspecified atom stereocenters. The summed E-state index contributed by atoms with van der Waals surface area (Å²) in [6, 6.07) is 0. The Kier molecular flexibility index (Phi) is 6760. The normalized spacial score (nSPS) is 0. The van der Waals surface area contributed by atoms with Crippen molar-refractivity contribution in [3.63, 3.8) is 0 Å². The molecule has 64 valence electrons. The van der Waals surface area contributed by atoms with E-state index in [1.54, 1.807) is 0 Å². The Hall–Kier alpha value is 2.67. The van der Waals surface area contributed by atoms with E-state index >= 15 is 0 Å². The molecular weight excluding hydrogens is 697 g/mol. The summed E-state index contributed by atoms with van der Waals surface area (Å²) in [5.74, 6) is 0. The number of hydrogen-bond donors (Lipinski definition) is 0. The first-order valence-electron chi connectivity index (χ1n) is 0. The van der Waals surface area contributed by atoms with Crippen molar-refractivity contribution in [3.05, 3.63) is 30.8 Å². The molecule has 0 N–H and O–H groups in total. The molecule has 0 aliphatic heterocycles. The minimum Gasteiger partial charge on any atom is -3.00 e. The molecule has 0 aromatic rings. The van der Waals surface area contributed by atoms with E-state index in [0.717, 1.165) is 0 Å². The van der Waals surface area contributed by atoms with Crippen LogP contribution in [0.25, 0.3) is 30.8 Å². The average molecular weight is 709 g/mol. The van der Waals surface area contributed by atoms with E-state index in [0.29, 0.717) is 0 Å². The Balaban J connectivity index is 0. The minimum atomic E-state index is 0. The molecule has 0 fully saturated rings. The Morgan fingerprint density at radius 1 is 0.273 bits per heavy atom. The summed E-state index contributed by atoms with van der Waals surface area (Å²) in [7, 11) is 0. The fourth-order valence-corrected chi connectivity index (χ4v) is 0. The zero-order chi connectivity index (χ0) is 0. The second kappa shape index (κ2) is 242. The predicted molar refractivity (Wildman–Crippen MR) is 50.8 cm³/mol. The van der Waals surface area contributed by atoms with Crippen LogP contribution in [0.3, 0.4) is 0 Å². The Morgan fingerprint density at radius 3 is 0.273 bits per heavy atom. The van der Waals surface area contributed by atoms with Gasteiger partial charge >= 0.3 is 67.1 Å². The summed E-state index contributed by atoms with van der Waals surface area (Å²) in [5, 5.41) is 0. The molecule has 0 rings (SSSR count). The molecule has 11 heavy (non-hydrogen) atoms. The monoisotopic (exact) mass is 709 g/mol. The first-order chi connectivity index (χ1) is 0. The Bertz CT molecular complexity index is 16.9. The first kappa shape index (κ1) is 308. The van der Waals surface area contributed by atoms with E-state index in [1.807, 2.05) is 0 Å². The van der Waals surface area contributed by atoms with Crippen molar-refractivity contribution in [1.29, 1.82) is 0 Å². The second-order valence-corrected chi connectivity index (χ2v) is 0. The van der Waals surface area contributed by atoms with Crippen LogP contribution in [0.15, 0.2) is 0 Å². The van der Waals surface area contributed by atoms with Crippen molar-refractivity contribution < 1.29 is 67.1 Å². The maximum Gasteiger partial charge on any atom is 5.00 e. The molecule has 5 nitrogen and oxygen atoms in total. The van der Waals surface area contributed by atoms with Crippen LogP contribution in [0.5, 0.6) is 0 Å².